The lowest BCUT2D eigenvalue weighted by Gasteiger charge is -2.18. The predicted molar refractivity (Wildman–Crippen MR) is 66.7 cm³/mol. The molecule has 17 heavy (non-hydrogen) atoms. The first-order valence-corrected chi connectivity index (χ1v) is 6.89. The minimum atomic E-state index is -0.138. The Labute approximate surface area is 103 Å². The Kier molecular flexibility index (Phi) is 4.40. The van der Waals surface area contributed by atoms with Gasteiger partial charge in [0.15, 0.2) is 0 Å². The molecule has 0 spiro atoms. The Bertz CT molecular complexity index is 256. The molecule has 0 heterocycles. The van der Waals surface area contributed by atoms with Gasteiger partial charge in [-0.05, 0) is 25.7 Å². The van der Waals surface area contributed by atoms with Gasteiger partial charge in [-0.1, -0.05) is 25.7 Å². The largest absolute Gasteiger partial charge is 0.394 e. The van der Waals surface area contributed by atoms with E-state index in [2.05, 4.69) is 10.6 Å². The number of carbonyl (C=O) groups is 1. The summed E-state index contributed by atoms with van der Waals surface area (Å²) in [6.07, 6.45) is 9.29. The van der Waals surface area contributed by atoms with Gasteiger partial charge in [0.25, 0.3) is 0 Å². The predicted octanol–water partition coefficient (Wildman–Crippen LogP) is 0.940. The highest BCUT2D eigenvalue weighted by Gasteiger charge is 2.41. The number of rotatable bonds is 5. The van der Waals surface area contributed by atoms with Crippen molar-refractivity contribution in [3.05, 3.63) is 0 Å². The summed E-state index contributed by atoms with van der Waals surface area (Å²) in [7, 11) is 0. The van der Waals surface area contributed by atoms with Crippen LogP contribution in [0.25, 0.3) is 0 Å². The minimum absolute atomic E-state index is 0.0802. The fourth-order valence-corrected chi connectivity index (χ4v) is 2.51. The molecule has 0 saturated heterocycles. The van der Waals surface area contributed by atoms with Gasteiger partial charge in [-0.25, -0.2) is 0 Å². The zero-order chi connectivity index (χ0) is 12.1. The summed E-state index contributed by atoms with van der Waals surface area (Å²) in [5.74, 6) is 0.0802. The Morgan fingerprint density at radius 1 is 1.18 bits per heavy atom. The number of aliphatic hydroxyl groups is 1. The smallest absolute Gasteiger partial charge is 0.234 e. The lowest BCUT2D eigenvalue weighted by Crippen LogP contribution is -2.45. The zero-order valence-corrected chi connectivity index (χ0v) is 10.5. The molecule has 0 aromatic carbocycles. The zero-order valence-electron chi connectivity index (χ0n) is 10.5. The van der Waals surface area contributed by atoms with E-state index in [1.165, 1.54) is 25.7 Å². The lowest BCUT2D eigenvalue weighted by molar-refractivity contribution is -0.121. The molecule has 0 aromatic heterocycles. The van der Waals surface area contributed by atoms with Gasteiger partial charge in [-0.3, -0.25) is 4.79 Å². The third-order valence-corrected chi connectivity index (χ3v) is 4.00. The Hall–Kier alpha value is -0.610. The number of hydrogen-bond acceptors (Lipinski definition) is 3. The standard InChI is InChI=1S/C13H24N2O2/c16-10-13(7-8-13)14-9-12(17)15-11-5-3-1-2-4-6-11/h11,14,16H,1-10H2,(H,15,17). The molecular weight excluding hydrogens is 216 g/mol. The normalized spacial score (nSPS) is 24.1. The van der Waals surface area contributed by atoms with E-state index in [9.17, 15) is 4.79 Å². The van der Waals surface area contributed by atoms with Crippen LogP contribution < -0.4 is 10.6 Å². The molecule has 2 rings (SSSR count). The van der Waals surface area contributed by atoms with Crippen molar-refractivity contribution < 1.29 is 9.90 Å². The maximum Gasteiger partial charge on any atom is 0.234 e. The van der Waals surface area contributed by atoms with Gasteiger partial charge in [-0.2, -0.15) is 0 Å². The summed E-state index contributed by atoms with van der Waals surface area (Å²) in [6.45, 7) is 0.487. The van der Waals surface area contributed by atoms with Crippen LogP contribution in [0.3, 0.4) is 0 Å². The molecule has 4 heteroatoms. The number of aliphatic hydroxyl groups excluding tert-OH is 1. The fourth-order valence-electron chi connectivity index (χ4n) is 2.51. The Balaban J connectivity index is 1.65. The van der Waals surface area contributed by atoms with Gasteiger partial charge in [-0.15, -0.1) is 0 Å². The van der Waals surface area contributed by atoms with Gasteiger partial charge >= 0.3 is 0 Å². The van der Waals surface area contributed by atoms with E-state index in [4.69, 9.17) is 5.11 Å². The summed E-state index contributed by atoms with van der Waals surface area (Å²) in [4.78, 5) is 11.8. The second kappa shape index (κ2) is 5.83. The van der Waals surface area contributed by atoms with Crippen molar-refractivity contribution in [1.29, 1.82) is 0 Å². The van der Waals surface area contributed by atoms with Crippen LogP contribution in [0.2, 0.25) is 0 Å². The molecule has 0 radical (unpaired) electrons. The highest BCUT2D eigenvalue weighted by Crippen LogP contribution is 2.34. The second-order valence-electron chi connectivity index (χ2n) is 5.55. The van der Waals surface area contributed by atoms with Crippen molar-refractivity contribution in [2.75, 3.05) is 13.2 Å². The molecule has 0 aromatic rings. The molecule has 4 nitrogen and oxygen atoms in total. The maximum absolute atomic E-state index is 11.8. The topological polar surface area (TPSA) is 61.4 Å². The SMILES string of the molecule is O=C(CNC1(CO)CC1)NC1CCCCCC1. The molecule has 2 saturated carbocycles. The molecular formula is C13H24N2O2. The van der Waals surface area contributed by atoms with E-state index in [1.54, 1.807) is 0 Å². The molecule has 1 amide bonds. The maximum atomic E-state index is 11.8. The lowest BCUT2D eigenvalue weighted by atomic mass is 10.1. The molecule has 0 atom stereocenters. The quantitative estimate of drug-likeness (QED) is 0.627. The first-order chi connectivity index (χ1) is 8.24. The molecule has 2 fully saturated rings. The van der Waals surface area contributed by atoms with E-state index in [-0.39, 0.29) is 18.1 Å². The van der Waals surface area contributed by atoms with Crippen molar-refractivity contribution >= 4 is 5.91 Å². The number of carbonyl (C=O) groups excluding carboxylic acids is 1. The van der Waals surface area contributed by atoms with Gasteiger partial charge in [0.05, 0.1) is 13.2 Å². The van der Waals surface area contributed by atoms with Crippen molar-refractivity contribution in [3.63, 3.8) is 0 Å². The monoisotopic (exact) mass is 240 g/mol. The molecule has 2 aliphatic carbocycles. The van der Waals surface area contributed by atoms with Crippen LogP contribution >= 0.6 is 0 Å². The molecule has 0 bridgehead atoms. The van der Waals surface area contributed by atoms with Crippen LogP contribution in [0.1, 0.15) is 51.4 Å². The van der Waals surface area contributed by atoms with Crippen molar-refractivity contribution in [2.45, 2.75) is 62.9 Å². The third kappa shape index (κ3) is 3.96. The second-order valence-corrected chi connectivity index (χ2v) is 5.55. The van der Waals surface area contributed by atoms with E-state index in [0.717, 1.165) is 25.7 Å². The van der Waals surface area contributed by atoms with Crippen LogP contribution in [0.5, 0.6) is 0 Å². The van der Waals surface area contributed by atoms with Crippen LogP contribution in [-0.2, 0) is 4.79 Å². The van der Waals surface area contributed by atoms with Crippen molar-refractivity contribution in [3.8, 4) is 0 Å². The van der Waals surface area contributed by atoms with E-state index in [0.29, 0.717) is 12.6 Å². The van der Waals surface area contributed by atoms with Gasteiger partial charge < -0.3 is 15.7 Å². The highest BCUT2D eigenvalue weighted by atomic mass is 16.3. The van der Waals surface area contributed by atoms with Crippen molar-refractivity contribution in [2.24, 2.45) is 0 Å². The molecule has 3 N–H and O–H groups in total. The summed E-state index contributed by atoms with van der Waals surface area (Å²) in [6, 6.07) is 0.371. The molecule has 2 aliphatic rings. The Morgan fingerprint density at radius 2 is 1.82 bits per heavy atom. The van der Waals surface area contributed by atoms with Crippen LogP contribution in [0.15, 0.2) is 0 Å². The molecule has 0 unspecified atom stereocenters. The van der Waals surface area contributed by atoms with E-state index in [1.807, 2.05) is 0 Å². The van der Waals surface area contributed by atoms with Crippen LogP contribution in [0.4, 0.5) is 0 Å². The molecule has 0 aliphatic heterocycles. The van der Waals surface area contributed by atoms with Gasteiger partial charge in [0.1, 0.15) is 0 Å². The van der Waals surface area contributed by atoms with Crippen LogP contribution in [0, 0.1) is 0 Å². The first-order valence-electron chi connectivity index (χ1n) is 6.89. The van der Waals surface area contributed by atoms with Crippen LogP contribution in [-0.4, -0.2) is 35.7 Å². The van der Waals surface area contributed by atoms with E-state index < -0.39 is 0 Å². The molecule has 98 valence electrons. The summed E-state index contributed by atoms with van der Waals surface area (Å²) >= 11 is 0. The van der Waals surface area contributed by atoms with E-state index >= 15 is 0 Å². The fraction of sp³-hybridized carbons (Fsp3) is 0.923. The number of hydrogen-bond donors (Lipinski definition) is 3. The highest BCUT2D eigenvalue weighted by molar-refractivity contribution is 5.78. The third-order valence-electron chi connectivity index (χ3n) is 4.00. The summed E-state index contributed by atoms with van der Waals surface area (Å²) in [5.41, 5.74) is -0.138. The average Bonchev–Trinajstić information content (AvgIpc) is 3.12. The average molecular weight is 240 g/mol. The van der Waals surface area contributed by atoms with Crippen molar-refractivity contribution in [1.82, 2.24) is 10.6 Å². The van der Waals surface area contributed by atoms with Gasteiger partial charge in [0.2, 0.25) is 5.91 Å². The summed E-state index contributed by atoms with van der Waals surface area (Å²) < 4.78 is 0. The number of amides is 1. The Morgan fingerprint density at radius 3 is 2.35 bits per heavy atom. The number of nitrogens with one attached hydrogen (secondary N) is 2. The van der Waals surface area contributed by atoms with Gasteiger partial charge in [0, 0.05) is 11.6 Å². The first kappa shape index (κ1) is 12.8. The minimum Gasteiger partial charge on any atom is -0.394 e. The summed E-state index contributed by atoms with van der Waals surface area (Å²) in [5, 5.41) is 15.4.